The van der Waals surface area contributed by atoms with Gasteiger partial charge in [0.25, 0.3) is 0 Å². The van der Waals surface area contributed by atoms with Crippen molar-refractivity contribution in [1.29, 1.82) is 5.26 Å². The van der Waals surface area contributed by atoms with Gasteiger partial charge in [-0.25, -0.2) is 0 Å². The lowest BCUT2D eigenvalue weighted by Gasteiger charge is -2.29. The van der Waals surface area contributed by atoms with Gasteiger partial charge in [-0.05, 0) is 43.7 Å². The van der Waals surface area contributed by atoms with E-state index in [0.717, 1.165) is 10.9 Å². The van der Waals surface area contributed by atoms with Crippen molar-refractivity contribution in [3.05, 3.63) is 23.8 Å². The van der Waals surface area contributed by atoms with Crippen LogP contribution in [0.3, 0.4) is 0 Å². The highest BCUT2D eigenvalue weighted by atomic mass is 32.2. The first-order valence-corrected chi connectivity index (χ1v) is 7.60. The molecule has 3 nitrogen and oxygen atoms in total. The fraction of sp³-hybridized carbons (Fsp3) is 0.500. The summed E-state index contributed by atoms with van der Waals surface area (Å²) in [6.45, 7) is 0. The molecular weight excluding hydrogens is 242 g/mol. The minimum atomic E-state index is 0.531. The van der Waals surface area contributed by atoms with Gasteiger partial charge < -0.3 is 11.1 Å². The second kappa shape index (κ2) is 6.01. The number of nitriles is 1. The molecule has 1 aromatic rings. The van der Waals surface area contributed by atoms with Crippen LogP contribution in [0.2, 0.25) is 0 Å². The van der Waals surface area contributed by atoms with Gasteiger partial charge in [0.1, 0.15) is 6.07 Å². The second-order valence-electron chi connectivity index (χ2n) is 4.78. The lowest BCUT2D eigenvalue weighted by Crippen LogP contribution is -2.28. The Morgan fingerprint density at radius 2 is 2.28 bits per heavy atom. The summed E-state index contributed by atoms with van der Waals surface area (Å²) in [4.78, 5) is 0. The Bertz CT molecular complexity index is 453. The third kappa shape index (κ3) is 3.11. The van der Waals surface area contributed by atoms with Crippen LogP contribution in [0.25, 0.3) is 0 Å². The standard InChI is InChI=1S/C14H19N3S/c1-18-13-4-2-3-11(7-13)17-12-6-5-10(9-15)14(16)8-12/h5-6,8,11,13,17H,2-4,7,16H2,1H3. The Morgan fingerprint density at radius 3 is 2.94 bits per heavy atom. The van der Waals surface area contributed by atoms with Crippen LogP contribution in [0.4, 0.5) is 11.4 Å². The smallest absolute Gasteiger partial charge is 0.101 e. The molecule has 4 heteroatoms. The van der Waals surface area contributed by atoms with Gasteiger partial charge in [-0.2, -0.15) is 17.0 Å². The molecule has 0 amide bonds. The predicted molar refractivity (Wildman–Crippen MR) is 78.8 cm³/mol. The molecule has 0 aliphatic heterocycles. The van der Waals surface area contributed by atoms with Gasteiger partial charge in [-0.3, -0.25) is 0 Å². The first-order valence-electron chi connectivity index (χ1n) is 6.32. The van der Waals surface area contributed by atoms with E-state index in [0.29, 0.717) is 17.3 Å². The third-order valence-corrected chi connectivity index (χ3v) is 4.60. The summed E-state index contributed by atoms with van der Waals surface area (Å²) in [6.07, 6.45) is 7.23. The van der Waals surface area contributed by atoms with Crippen LogP contribution >= 0.6 is 11.8 Å². The number of nitrogen functional groups attached to an aromatic ring is 1. The molecule has 2 unspecified atom stereocenters. The molecular formula is C14H19N3S. The highest BCUT2D eigenvalue weighted by Crippen LogP contribution is 2.29. The Labute approximate surface area is 113 Å². The maximum Gasteiger partial charge on any atom is 0.101 e. The van der Waals surface area contributed by atoms with Crippen molar-refractivity contribution in [3.8, 4) is 6.07 Å². The van der Waals surface area contributed by atoms with Crippen LogP contribution in [-0.2, 0) is 0 Å². The first-order chi connectivity index (χ1) is 8.72. The van der Waals surface area contributed by atoms with E-state index in [4.69, 9.17) is 11.0 Å². The van der Waals surface area contributed by atoms with E-state index in [2.05, 4.69) is 17.6 Å². The monoisotopic (exact) mass is 261 g/mol. The number of anilines is 2. The maximum atomic E-state index is 8.84. The fourth-order valence-electron chi connectivity index (χ4n) is 2.48. The lowest BCUT2D eigenvalue weighted by atomic mass is 9.94. The van der Waals surface area contributed by atoms with Gasteiger partial charge in [0.15, 0.2) is 0 Å². The molecule has 1 aromatic carbocycles. The zero-order valence-electron chi connectivity index (χ0n) is 10.6. The van der Waals surface area contributed by atoms with Gasteiger partial charge >= 0.3 is 0 Å². The number of nitrogens with one attached hydrogen (secondary N) is 1. The zero-order valence-corrected chi connectivity index (χ0v) is 11.5. The molecule has 1 fully saturated rings. The molecule has 2 atom stereocenters. The number of benzene rings is 1. The molecule has 0 spiro atoms. The highest BCUT2D eigenvalue weighted by molar-refractivity contribution is 7.99. The minimum Gasteiger partial charge on any atom is -0.398 e. The molecule has 3 N–H and O–H groups in total. The maximum absolute atomic E-state index is 8.84. The number of rotatable bonds is 3. The number of hydrogen-bond donors (Lipinski definition) is 2. The van der Waals surface area contributed by atoms with Gasteiger partial charge in [0.05, 0.1) is 11.3 Å². The van der Waals surface area contributed by atoms with E-state index < -0.39 is 0 Å². The quantitative estimate of drug-likeness (QED) is 0.820. The van der Waals surface area contributed by atoms with Crippen molar-refractivity contribution in [3.63, 3.8) is 0 Å². The molecule has 0 aromatic heterocycles. The third-order valence-electron chi connectivity index (χ3n) is 3.50. The highest BCUT2D eigenvalue weighted by Gasteiger charge is 2.21. The molecule has 2 rings (SSSR count). The lowest BCUT2D eigenvalue weighted by molar-refractivity contribution is 0.474. The zero-order chi connectivity index (χ0) is 13.0. The second-order valence-corrected chi connectivity index (χ2v) is 5.92. The van der Waals surface area contributed by atoms with Gasteiger partial charge in [0.2, 0.25) is 0 Å². The Hall–Kier alpha value is -1.34. The molecule has 1 saturated carbocycles. The summed E-state index contributed by atoms with van der Waals surface area (Å²) in [5.41, 5.74) is 7.95. The molecule has 0 heterocycles. The van der Waals surface area contributed by atoms with Crippen LogP contribution in [0.5, 0.6) is 0 Å². The van der Waals surface area contributed by atoms with Crippen LogP contribution in [0.15, 0.2) is 18.2 Å². The van der Waals surface area contributed by atoms with E-state index in [1.165, 1.54) is 25.7 Å². The summed E-state index contributed by atoms with van der Waals surface area (Å²) in [6, 6.07) is 8.21. The van der Waals surface area contributed by atoms with Crippen molar-refractivity contribution < 1.29 is 0 Å². The first kappa shape index (κ1) is 13.1. The predicted octanol–water partition coefficient (Wildman–Crippen LogP) is 3.23. The molecule has 0 saturated heterocycles. The van der Waals surface area contributed by atoms with Crippen LogP contribution < -0.4 is 11.1 Å². The van der Waals surface area contributed by atoms with Gasteiger partial charge in [0, 0.05) is 17.0 Å². The number of hydrogen-bond acceptors (Lipinski definition) is 4. The summed E-state index contributed by atoms with van der Waals surface area (Å²) < 4.78 is 0. The number of nitrogens with zero attached hydrogens (tertiary/aromatic N) is 1. The summed E-state index contributed by atoms with van der Waals surface area (Å²) in [7, 11) is 0. The van der Waals surface area contributed by atoms with Crippen molar-refractivity contribution in [1.82, 2.24) is 0 Å². The summed E-state index contributed by atoms with van der Waals surface area (Å²) in [5.74, 6) is 0. The van der Waals surface area contributed by atoms with Crippen LogP contribution in [0.1, 0.15) is 31.2 Å². The average Bonchev–Trinajstić information content (AvgIpc) is 2.39. The largest absolute Gasteiger partial charge is 0.398 e. The van der Waals surface area contributed by atoms with E-state index >= 15 is 0 Å². The molecule has 96 valence electrons. The SMILES string of the molecule is CSC1CCCC(Nc2ccc(C#N)c(N)c2)C1. The van der Waals surface area contributed by atoms with Crippen molar-refractivity contribution in [2.75, 3.05) is 17.3 Å². The summed E-state index contributed by atoms with van der Waals surface area (Å²) >= 11 is 1.96. The number of nitrogens with two attached hydrogens (primary N) is 1. The molecule has 1 aliphatic rings. The molecule has 18 heavy (non-hydrogen) atoms. The molecule has 0 bridgehead atoms. The van der Waals surface area contributed by atoms with Gasteiger partial charge in [-0.15, -0.1) is 0 Å². The van der Waals surface area contributed by atoms with Crippen molar-refractivity contribution >= 4 is 23.1 Å². The topological polar surface area (TPSA) is 61.8 Å². The van der Waals surface area contributed by atoms with E-state index in [1.807, 2.05) is 23.9 Å². The number of thioether (sulfide) groups is 1. The van der Waals surface area contributed by atoms with E-state index in [9.17, 15) is 0 Å². The van der Waals surface area contributed by atoms with Crippen LogP contribution in [0, 0.1) is 11.3 Å². The molecule has 0 radical (unpaired) electrons. The minimum absolute atomic E-state index is 0.531. The fourth-order valence-corrected chi connectivity index (χ4v) is 3.31. The van der Waals surface area contributed by atoms with Crippen LogP contribution in [-0.4, -0.2) is 17.5 Å². The van der Waals surface area contributed by atoms with Crippen molar-refractivity contribution in [2.45, 2.75) is 37.0 Å². The summed E-state index contributed by atoms with van der Waals surface area (Å²) in [5, 5.41) is 13.1. The van der Waals surface area contributed by atoms with Crippen molar-refractivity contribution in [2.24, 2.45) is 0 Å². The van der Waals surface area contributed by atoms with E-state index in [1.54, 1.807) is 6.07 Å². The Balaban J connectivity index is 2.01. The Kier molecular flexibility index (Phi) is 4.38. The Morgan fingerprint density at radius 1 is 1.44 bits per heavy atom. The van der Waals surface area contributed by atoms with Gasteiger partial charge in [-0.1, -0.05) is 6.42 Å². The normalized spacial score (nSPS) is 23.3. The molecule has 1 aliphatic carbocycles. The average molecular weight is 261 g/mol. The van der Waals surface area contributed by atoms with E-state index in [-0.39, 0.29) is 0 Å².